The van der Waals surface area contributed by atoms with Crippen LogP contribution in [-0.2, 0) is 11.3 Å². The Kier molecular flexibility index (Phi) is 5.59. The van der Waals surface area contributed by atoms with Crippen LogP contribution in [-0.4, -0.2) is 67.7 Å². The van der Waals surface area contributed by atoms with Gasteiger partial charge < -0.3 is 14.4 Å². The molecule has 6 heteroatoms. The average Bonchev–Trinajstić information content (AvgIpc) is 3.38. The number of piperidine rings is 1. The van der Waals surface area contributed by atoms with Crippen LogP contribution in [0.4, 0.5) is 5.69 Å². The molecule has 0 N–H and O–H groups in total. The largest absolute Gasteiger partial charge is 0.497 e. The van der Waals surface area contributed by atoms with Crippen molar-refractivity contribution in [1.82, 2.24) is 9.80 Å². The maximum Gasteiger partial charge on any atom is 0.244 e. The van der Waals surface area contributed by atoms with Crippen LogP contribution < -0.4 is 14.4 Å². The fourth-order valence-electron chi connectivity index (χ4n) is 5.56. The van der Waals surface area contributed by atoms with E-state index in [1.807, 2.05) is 23.1 Å². The molecule has 0 aromatic heterocycles. The number of carbonyl (C=O) groups excluding carboxylic acids is 1. The van der Waals surface area contributed by atoms with E-state index in [9.17, 15) is 4.79 Å². The summed E-state index contributed by atoms with van der Waals surface area (Å²) in [5.74, 6) is 1.67. The molecule has 0 radical (unpaired) electrons. The molecule has 0 aliphatic carbocycles. The van der Waals surface area contributed by atoms with Gasteiger partial charge in [0.15, 0.2) is 0 Å². The molecule has 0 unspecified atom stereocenters. The molecule has 2 aromatic rings. The predicted molar refractivity (Wildman–Crippen MR) is 121 cm³/mol. The first-order valence-corrected chi connectivity index (χ1v) is 11.2. The number of methoxy groups -OCH3 is 2. The third-order valence-corrected chi connectivity index (χ3v) is 7.13. The van der Waals surface area contributed by atoms with Gasteiger partial charge in [-0.25, -0.2) is 0 Å². The van der Waals surface area contributed by atoms with Crippen molar-refractivity contribution in [2.24, 2.45) is 0 Å². The number of ether oxygens (including phenoxy) is 2. The Morgan fingerprint density at radius 2 is 1.74 bits per heavy atom. The molecule has 3 aliphatic rings. The van der Waals surface area contributed by atoms with E-state index in [-0.39, 0.29) is 18.0 Å². The Balaban J connectivity index is 1.24. The molecule has 3 fully saturated rings. The van der Waals surface area contributed by atoms with E-state index in [1.54, 1.807) is 14.2 Å². The Labute approximate surface area is 184 Å². The molecule has 3 saturated heterocycles. The highest BCUT2D eigenvalue weighted by molar-refractivity contribution is 6.02. The number of carbonyl (C=O) groups is 1. The summed E-state index contributed by atoms with van der Waals surface area (Å²) < 4.78 is 10.9. The van der Waals surface area contributed by atoms with Gasteiger partial charge in [-0.1, -0.05) is 30.3 Å². The van der Waals surface area contributed by atoms with Crippen LogP contribution in [0, 0.1) is 0 Å². The summed E-state index contributed by atoms with van der Waals surface area (Å²) >= 11 is 0. The molecule has 1 amide bonds. The average molecular weight is 422 g/mol. The van der Waals surface area contributed by atoms with Crippen LogP contribution in [0.25, 0.3) is 0 Å². The van der Waals surface area contributed by atoms with Crippen LogP contribution >= 0.6 is 0 Å². The van der Waals surface area contributed by atoms with Gasteiger partial charge in [0.1, 0.15) is 11.5 Å². The highest BCUT2D eigenvalue weighted by atomic mass is 16.5. The zero-order valence-corrected chi connectivity index (χ0v) is 18.4. The summed E-state index contributed by atoms with van der Waals surface area (Å²) in [5.41, 5.74) is 2.20. The molecule has 0 saturated carbocycles. The smallest absolute Gasteiger partial charge is 0.244 e. The SMILES string of the molecule is COc1ccc(OC)c(N2C(=O)[C@H]3C[C@@H]2CN3C2CCN(Cc3ccccc3)CC2)c1. The molecule has 2 aromatic carbocycles. The van der Waals surface area contributed by atoms with Crippen LogP contribution in [0.1, 0.15) is 24.8 Å². The lowest BCUT2D eigenvalue weighted by molar-refractivity contribution is -0.124. The second kappa shape index (κ2) is 8.52. The number of anilines is 1. The lowest BCUT2D eigenvalue weighted by atomic mass is 10.0. The second-order valence-electron chi connectivity index (χ2n) is 8.84. The summed E-state index contributed by atoms with van der Waals surface area (Å²) in [6, 6.07) is 17.1. The molecule has 5 rings (SSSR count). The van der Waals surface area contributed by atoms with Crippen LogP contribution in [0.5, 0.6) is 11.5 Å². The first-order chi connectivity index (χ1) is 15.2. The molecule has 3 aliphatic heterocycles. The van der Waals surface area contributed by atoms with Gasteiger partial charge in [0.2, 0.25) is 5.91 Å². The van der Waals surface area contributed by atoms with E-state index in [0.29, 0.717) is 6.04 Å². The van der Waals surface area contributed by atoms with E-state index in [4.69, 9.17) is 9.47 Å². The quantitative estimate of drug-likeness (QED) is 0.717. The van der Waals surface area contributed by atoms with Gasteiger partial charge in [0, 0.05) is 25.2 Å². The topological polar surface area (TPSA) is 45.3 Å². The molecular weight excluding hydrogens is 390 g/mol. The summed E-state index contributed by atoms with van der Waals surface area (Å²) in [6.45, 7) is 4.15. The van der Waals surface area contributed by atoms with Crippen molar-refractivity contribution in [2.45, 2.75) is 43.9 Å². The number of amides is 1. The molecule has 2 bridgehead atoms. The molecule has 31 heavy (non-hydrogen) atoms. The fraction of sp³-hybridized carbons (Fsp3) is 0.480. The van der Waals surface area contributed by atoms with Crippen molar-refractivity contribution >= 4 is 11.6 Å². The standard InChI is InChI=1S/C25H31N3O3/c1-30-21-8-9-24(31-2)22(15-21)28-20-14-23(25(28)29)27(17-20)19-10-12-26(13-11-19)16-18-6-4-3-5-7-18/h3-9,15,19-20,23H,10-14,16-17H2,1-2H3/t20-,23-/m1/s1. The summed E-state index contributed by atoms with van der Waals surface area (Å²) in [4.78, 5) is 20.3. The number of nitrogens with zero attached hydrogens (tertiary/aromatic N) is 3. The Hall–Kier alpha value is -2.57. The van der Waals surface area contributed by atoms with Crippen molar-refractivity contribution < 1.29 is 14.3 Å². The number of hydrogen-bond donors (Lipinski definition) is 0. The van der Waals surface area contributed by atoms with Crippen LogP contribution in [0.15, 0.2) is 48.5 Å². The Bertz CT molecular complexity index is 927. The van der Waals surface area contributed by atoms with Gasteiger partial charge in [0.25, 0.3) is 0 Å². The molecular formula is C25H31N3O3. The van der Waals surface area contributed by atoms with Gasteiger partial charge in [-0.15, -0.1) is 0 Å². The third-order valence-electron chi connectivity index (χ3n) is 7.13. The van der Waals surface area contributed by atoms with E-state index >= 15 is 0 Å². The number of benzene rings is 2. The number of rotatable bonds is 6. The summed E-state index contributed by atoms with van der Waals surface area (Å²) in [7, 11) is 3.30. The molecule has 0 spiro atoms. The van der Waals surface area contributed by atoms with Crippen LogP contribution in [0.3, 0.4) is 0 Å². The number of likely N-dealkylation sites (tertiary alicyclic amines) is 2. The minimum Gasteiger partial charge on any atom is -0.497 e. The van der Waals surface area contributed by atoms with E-state index < -0.39 is 0 Å². The molecule has 3 heterocycles. The fourth-order valence-corrected chi connectivity index (χ4v) is 5.56. The number of piperazine rings is 1. The van der Waals surface area contributed by atoms with Crippen LogP contribution in [0.2, 0.25) is 0 Å². The van der Waals surface area contributed by atoms with Gasteiger partial charge in [-0.05, 0) is 50.0 Å². The van der Waals surface area contributed by atoms with Crippen molar-refractivity contribution in [2.75, 3.05) is 38.8 Å². The minimum atomic E-state index is -0.00780. The maximum atomic E-state index is 13.4. The second-order valence-corrected chi connectivity index (χ2v) is 8.84. The zero-order valence-electron chi connectivity index (χ0n) is 18.4. The lowest BCUT2D eigenvalue weighted by Crippen LogP contribution is -2.56. The highest BCUT2D eigenvalue weighted by Crippen LogP contribution is 2.42. The summed E-state index contributed by atoms with van der Waals surface area (Å²) in [6.07, 6.45) is 3.17. The first kappa shape index (κ1) is 20.3. The van der Waals surface area contributed by atoms with Crippen molar-refractivity contribution in [3.05, 3.63) is 54.1 Å². The lowest BCUT2D eigenvalue weighted by Gasteiger charge is -2.42. The van der Waals surface area contributed by atoms with Gasteiger partial charge in [0.05, 0.1) is 32.0 Å². The molecule has 6 nitrogen and oxygen atoms in total. The monoisotopic (exact) mass is 421 g/mol. The van der Waals surface area contributed by atoms with Crippen molar-refractivity contribution in [3.63, 3.8) is 0 Å². The summed E-state index contributed by atoms with van der Waals surface area (Å²) in [5, 5.41) is 0. The van der Waals surface area contributed by atoms with E-state index in [1.165, 1.54) is 5.56 Å². The maximum absolute atomic E-state index is 13.4. The van der Waals surface area contributed by atoms with Gasteiger partial charge in [-0.2, -0.15) is 0 Å². The predicted octanol–water partition coefficient (Wildman–Crippen LogP) is 3.16. The van der Waals surface area contributed by atoms with Crippen molar-refractivity contribution in [3.8, 4) is 11.5 Å². The first-order valence-electron chi connectivity index (χ1n) is 11.2. The van der Waals surface area contributed by atoms with E-state index in [2.05, 4.69) is 40.1 Å². The van der Waals surface area contributed by atoms with Crippen molar-refractivity contribution in [1.29, 1.82) is 0 Å². The number of hydrogen-bond acceptors (Lipinski definition) is 5. The normalized spacial score (nSPS) is 24.7. The molecule has 164 valence electrons. The highest BCUT2D eigenvalue weighted by Gasteiger charge is 2.52. The Morgan fingerprint density at radius 1 is 0.968 bits per heavy atom. The van der Waals surface area contributed by atoms with Gasteiger partial charge >= 0.3 is 0 Å². The van der Waals surface area contributed by atoms with E-state index in [0.717, 1.165) is 62.6 Å². The minimum absolute atomic E-state index is 0.00780. The Morgan fingerprint density at radius 3 is 2.42 bits per heavy atom. The zero-order chi connectivity index (χ0) is 21.4. The molecule has 2 atom stereocenters. The number of fused-ring (bicyclic) bond motifs is 2. The third kappa shape index (κ3) is 3.79. The van der Waals surface area contributed by atoms with Gasteiger partial charge in [-0.3, -0.25) is 14.6 Å².